The van der Waals surface area contributed by atoms with Gasteiger partial charge in [0.05, 0.1) is 10.4 Å². The average Bonchev–Trinajstić information content (AvgIpc) is 3.01. The quantitative estimate of drug-likeness (QED) is 0.672. The zero-order chi connectivity index (χ0) is 12.7. The maximum Gasteiger partial charge on any atom is 1.00 e. The van der Waals surface area contributed by atoms with E-state index in [0.29, 0.717) is 0 Å². The van der Waals surface area contributed by atoms with E-state index in [9.17, 15) is 5.11 Å². The van der Waals surface area contributed by atoms with Crippen LogP contribution in [-0.2, 0) is 5.60 Å². The molecule has 0 aliphatic rings. The Hall–Kier alpha value is -0.113. The molecule has 0 saturated heterocycles. The molecule has 0 aliphatic heterocycles. The monoisotopic (exact) mass is 275 g/mol. The van der Waals surface area contributed by atoms with Gasteiger partial charge in [-0.25, -0.2) is 0 Å². The summed E-state index contributed by atoms with van der Waals surface area (Å²) >= 11 is 3.06. The van der Waals surface area contributed by atoms with Crippen LogP contribution in [0, 0.1) is 6.92 Å². The van der Waals surface area contributed by atoms with Crippen molar-refractivity contribution in [2.75, 3.05) is 0 Å². The first kappa shape index (κ1) is 17.9. The number of unbranched alkanes of at least 4 members (excludes halogenated alkanes) is 1. The van der Waals surface area contributed by atoms with Crippen LogP contribution in [0.5, 0.6) is 0 Å². The Morgan fingerprint density at radius 2 is 2.17 bits per heavy atom. The zero-order valence-electron chi connectivity index (χ0n) is 11.2. The number of aromatic nitrogens is 1. The van der Waals surface area contributed by atoms with Gasteiger partial charge in [0.15, 0.2) is 0 Å². The van der Waals surface area contributed by atoms with Crippen molar-refractivity contribution in [2.24, 2.45) is 0 Å². The summed E-state index contributed by atoms with van der Waals surface area (Å²) in [7, 11) is 0. The van der Waals surface area contributed by atoms with Crippen LogP contribution in [0.25, 0.3) is 0 Å². The number of thiazole rings is 1. The van der Waals surface area contributed by atoms with Crippen LogP contribution in [-0.4, -0.2) is 10.1 Å². The normalized spacial score (nSPS) is 12.9. The maximum absolute atomic E-state index is 10.2. The van der Waals surface area contributed by atoms with Gasteiger partial charge >= 0.3 is 18.9 Å². The molecule has 1 unspecified atom stereocenters. The van der Waals surface area contributed by atoms with Gasteiger partial charge in [-0.2, -0.15) is 17.8 Å². The third kappa shape index (κ3) is 4.87. The van der Waals surface area contributed by atoms with E-state index in [-0.39, 0.29) is 18.9 Å². The topological polar surface area (TPSA) is 33.1 Å². The molecule has 0 radical (unpaired) electrons. The fourth-order valence-corrected chi connectivity index (χ4v) is 2.60. The van der Waals surface area contributed by atoms with E-state index >= 15 is 0 Å². The Morgan fingerprint density at radius 1 is 1.50 bits per heavy atom. The molecule has 2 nitrogen and oxygen atoms in total. The molecule has 5 heteroatoms. The molecule has 0 fully saturated rings. The van der Waals surface area contributed by atoms with Crippen LogP contribution in [0.3, 0.4) is 0 Å². The van der Waals surface area contributed by atoms with Crippen molar-refractivity contribution in [2.45, 2.75) is 32.3 Å². The Labute approximate surface area is 129 Å². The molecule has 2 aromatic rings. The Kier molecular flexibility index (Phi) is 8.84. The molecule has 1 atom stereocenters. The fourth-order valence-electron chi connectivity index (χ4n) is 1.14. The van der Waals surface area contributed by atoms with Crippen LogP contribution < -0.4 is 18.9 Å². The van der Waals surface area contributed by atoms with Crippen molar-refractivity contribution in [3.63, 3.8) is 0 Å². The number of rotatable bonds is 3. The number of nitrogens with zero attached hydrogens (tertiary/aromatic N) is 1. The van der Waals surface area contributed by atoms with E-state index in [2.05, 4.69) is 18.8 Å². The molecule has 2 aromatic heterocycles. The molecule has 0 aromatic carbocycles. The summed E-state index contributed by atoms with van der Waals surface area (Å²) in [5, 5.41) is 14.1. The Morgan fingerprint density at radius 3 is 2.56 bits per heavy atom. The van der Waals surface area contributed by atoms with Gasteiger partial charge < -0.3 is 12.0 Å². The van der Waals surface area contributed by atoms with Gasteiger partial charge in [0.1, 0.15) is 5.60 Å². The third-order valence-corrected chi connectivity index (χ3v) is 4.02. The summed E-state index contributed by atoms with van der Waals surface area (Å²) in [6, 6.07) is 1.93. The first-order valence-corrected chi connectivity index (χ1v) is 7.38. The van der Waals surface area contributed by atoms with Crippen LogP contribution in [0.4, 0.5) is 0 Å². The first-order chi connectivity index (χ1) is 8.12. The van der Waals surface area contributed by atoms with Gasteiger partial charge in [0.2, 0.25) is 0 Å². The SMILES string of the molecule is CC(O)(c1ccsc1)c1cncs1.[CH2-]CCC.[Li+]. The van der Waals surface area contributed by atoms with Gasteiger partial charge in [-0.15, -0.1) is 11.3 Å². The third-order valence-electron chi connectivity index (χ3n) is 2.35. The summed E-state index contributed by atoms with van der Waals surface area (Å²) < 4.78 is 0. The second-order valence-corrected chi connectivity index (χ2v) is 5.47. The van der Waals surface area contributed by atoms with E-state index < -0.39 is 5.60 Å². The van der Waals surface area contributed by atoms with Gasteiger partial charge in [-0.05, 0) is 29.3 Å². The van der Waals surface area contributed by atoms with Crippen LogP contribution >= 0.6 is 22.7 Å². The molecule has 0 amide bonds. The van der Waals surface area contributed by atoms with E-state index in [1.54, 1.807) is 30.0 Å². The first-order valence-electron chi connectivity index (χ1n) is 5.56. The molecule has 0 saturated carbocycles. The van der Waals surface area contributed by atoms with Crippen molar-refractivity contribution >= 4 is 22.7 Å². The molecule has 2 rings (SSSR count). The zero-order valence-corrected chi connectivity index (χ0v) is 12.9. The Balaban J connectivity index is 0.000000512. The summed E-state index contributed by atoms with van der Waals surface area (Å²) in [5.41, 5.74) is 1.78. The summed E-state index contributed by atoms with van der Waals surface area (Å²) in [6.45, 7) is 7.52. The number of thiophene rings is 1. The summed E-state index contributed by atoms with van der Waals surface area (Å²) in [5.74, 6) is 0. The molecular weight excluding hydrogens is 257 g/mol. The van der Waals surface area contributed by atoms with Crippen molar-refractivity contribution in [3.05, 3.63) is 45.9 Å². The minimum absolute atomic E-state index is 0. The van der Waals surface area contributed by atoms with Crippen molar-refractivity contribution in [1.82, 2.24) is 4.98 Å². The number of hydrogen-bond donors (Lipinski definition) is 1. The van der Waals surface area contributed by atoms with Crippen molar-refractivity contribution in [3.8, 4) is 0 Å². The smallest absolute Gasteiger partial charge is 0.380 e. The summed E-state index contributed by atoms with van der Waals surface area (Å²) in [6.07, 6.45) is 3.99. The van der Waals surface area contributed by atoms with E-state index in [0.717, 1.165) is 16.9 Å². The van der Waals surface area contributed by atoms with Gasteiger partial charge in [0.25, 0.3) is 0 Å². The summed E-state index contributed by atoms with van der Waals surface area (Å²) in [4.78, 5) is 4.84. The maximum atomic E-state index is 10.2. The van der Waals surface area contributed by atoms with Crippen molar-refractivity contribution < 1.29 is 24.0 Å². The van der Waals surface area contributed by atoms with Gasteiger partial charge in [-0.3, -0.25) is 4.98 Å². The van der Waals surface area contributed by atoms with E-state index in [4.69, 9.17) is 0 Å². The standard InChI is InChI=1S/C9H9NOS2.C4H9.Li/c1-9(11,7-2-3-12-5-7)8-4-10-6-13-8;1-3-4-2;/h2-6,11H,1H3;1,3-4H2,2H3;/q;-1;+1. The largest absolute Gasteiger partial charge is 1.00 e. The van der Waals surface area contributed by atoms with Crippen LogP contribution in [0.15, 0.2) is 28.5 Å². The molecule has 18 heavy (non-hydrogen) atoms. The van der Waals surface area contributed by atoms with Crippen LogP contribution in [0.1, 0.15) is 37.1 Å². The van der Waals surface area contributed by atoms with E-state index in [1.807, 2.05) is 16.8 Å². The fraction of sp³-hybridized carbons (Fsp3) is 0.385. The molecule has 0 bridgehead atoms. The van der Waals surface area contributed by atoms with Gasteiger partial charge in [0, 0.05) is 6.20 Å². The number of aliphatic hydroxyl groups is 1. The molecular formula is C13H18LiNOS2. The predicted octanol–water partition coefficient (Wildman–Crippen LogP) is 1.08. The second-order valence-electron chi connectivity index (χ2n) is 3.80. The minimum atomic E-state index is -0.888. The molecule has 0 spiro atoms. The molecule has 94 valence electrons. The second kappa shape index (κ2) is 8.90. The predicted molar refractivity (Wildman–Crippen MR) is 75.4 cm³/mol. The minimum Gasteiger partial charge on any atom is -0.380 e. The van der Waals surface area contributed by atoms with Crippen molar-refractivity contribution in [1.29, 1.82) is 0 Å². The molecule has 2 heterocycles. The van der Waals surface area contributed by atoms with Gasteiger partial charge in [-0.1, -0.05) is 13.3 Å². The Bertz CT molecular complexity index is 360. The molecule has 0 aliphatic carbocycles. The molecule has 1 N–H and O–H groups in total. The average molecular weight is 275 g/mol. The van der Waals surface area contributed by atoms with E-state index in [1.165, 1.54) is 17.8 Å². The number of hydrogen-bond acceptors (Lipinski definition) is 4. The van der Waals surface area contributed by atoms with Crippen LogP contribution in [0.2, 0.25) is 0 Å².